The number of hydrogen-bond acceptors (Lipinski definition) is 4. The average Bonchev–Trinajstić information content (AvgIpc) is 2.32. The minimum absolute atomic E-state index is 0.425. The molecule has 0 aliphatic rings. The van der Waals surface area contributed by atoms with Crippen molar-refractivity contribution in [3.63, 3.8) is 0 Å². The zero-order valence-electron chi connectivity index (χ0n) is 11.0. The predicted octanol–water partition coefficient (Wildman–Crippen LogP) is 1.10. The Bertz CT molecular complexity index is 317. The molecule has 0 saturated carbocycles. The van der Waals surface area contributed by atoms with E-state index in [0.29, 0.717) is 6.04 Å². The third-order valence-electron chi connectivity index (χ3n) is 2.51. The molecule has 2 N–H and O–H groups in total. The topological polar surface area (TPSA) is 46.2 Å². The van der Waals surface area contributed by atoms with Crippen LogP contribution >= 0.6 is 0 Å². The van der Waals surface area contributed by atoms with E-state index in [1.807, 2.05) is 25.1 Å². The molecule has 0 aliphatic heterocycles. The molecule has 4 heteroatoms. The summed E-state index contributed by atoms with van der Waals surface area (Å²) < 4.78 is 4.97. The van der Waals surface area contributed by atoms with Gasteiger partial charge in [0.05, 0.1) is 12.3 Å². The summed E-state index contributed by atoms with van der Waals surface area (Å²) >= 11 is 0. The molecule has 17 heavy (non-hydrogen) atoms. The SMILES string of the molecule is COCCNCC(C)NCc1cccc(C)n1. The molecule has 1 atom stereocenters. The molecular weight excluding hydrogens is 214 g/mol. The van der Waals surface area contributed by atoms with Gasteiger partial charge in [0, 0.05) is 38.5 Å². The van der Waals surface area contributed by atoms with E-state index in [9.17, 15) is 0 Å². The van der Waals surface area contributed by atoms with Crippen LogP contribution in [0.5, 0.6) is 0 Å². The van der Waals surface area contributed by atoms with Gasteiger partial charge in [0.15, 0.2) is 0 Å². The van der Waals surface area contributed by atoms with Crippen molar-refractivity contribution in [2.75, 3.05) is 26.8 Å². The number of hydrogen-bond donors (Lipinski definition) is 2. The molecule has 0 fully saturated rings. The number of nitrogens with zero attached hydrogens (tertiary/aromatic N) is 1. The van der Waals surface area contributed by atoms with Crippen LogP contribution in [0.1, 0.15) is 18.3 Å². The van der Waals surface area contributed by atoms with Gasteiger partial charge < -0.3 is 15.4 Å². The highest BCUT2D eigenvalue weighted by molar-refractivity contribution is 5.09. The van der Waals surface area contributed by atoms with Gasteiger partial charge in [-0.1, -0.05) is 6.07 Å². The lowest BCUT2D eigenvalue weighted by Gasteiger charge is -2.14. The molecular formula is C13H23N3O. The van der Waals surface area contributed by atoms with Gasteiger partial charge >= 0.3 is 0 Å². The first-order valence-corrected chi connectivity index (χ1v) is 6.08. The van der Waals surface area contributed by atoms with Crippen LogP contribution in [0, 0.1) is 6.92 Å². The fraction of sp³-hybridized carbons (Fsp3) is 0.615. The molecule has 0 spiro atoms. The minimum Gasteiger partial charge on any atom is -0.383 e. The largest absolute Gasteiger partial charge is 0.383 e. The van der Waals surface area contributed by atoms with Crippen molar-refractivity contribution < 1.29 is 4.74 Å². The zero-order chi connectivity index (χ0) is 12.5. The number of ether oxygens (including phenoxy) is 1. The highest BCUT2D eigenvalue weighted by Crippen LogP contribution is 1.97. The minimum atomic E-state index is 0.425. The molecule has 1 aromatic heterocycles. The number of aryl methyl sites for hydroxylation is 1. The van der Waals surface area contributed by atoms with Crippen LogP contribution in [-0.2, 0) is 11.3 Å². The molecule has 0 aromatic carbocycles. The summed E-state index contributed by atoms with van der Waals surface area (Å²) in [5.74, 6) is 0. The zero-order valence-corrected chi connectivity index (χ0v) is 11.0. The Morgan fingerprint density at radius 3 is 2.94 bits per heavy atom. The van der Waals surface area contributed by atoms with Crippen LogP contribution < -0.4 is 10.6 Å². The van der Waals surface area contributed by atoms with Crippen LogP contribution in [0.25, 0.3) is 0 Å². The maximum atomic E-state index is 4.97. The Morgan fingerprint density at radius 2 is 2.24 bits per heavy atom. The second-order valence-corrected chi connectivity index (χ2v) is 4.25. The summed E-state index contributed by atoms with van der Waals surface area (Å²) in [7, 11) is 1.72. The van der Waals surface area contributed by atoms with Crippen molar-refractivity contribution in [1.29, 1.82) is 0 Å². The van der Waals surface area contributed by atoms with Crippen molar-refractivity contribution in [2.45, 2.75) is 26.4 Å². The lowest BCUT2D eigenvalue weighted by Crippen LogP contribution is -2.37. The van der Waals surface area contributed by atoms with Gasteiger partial charge in [-0.2, -0.15) is 0 Å². The smallest absolute Gasteiger partial charge is 0.0587 e. The Balaban J connectivity index is 2.17. The molecule has 0 bridgehead atoms. The van der Waals surface area contributed by atoms with Gasteiger partial charge in [-0.25, -0.2) is 0 Å². The van der Waals surface area contributed by atoms with E-state index < -0.39 is 0 Å². The summed E-state index contributed by atoms with van der Waals surface area (Å²) in [6, 6.07) is 6.53. The quantitative estimate of drug-likeness (QED) is 0.665. The van der Waals surface area contributed by atoms with Crippen LogP contribution in [0.3, 0.4) is 0 Å². The van der Waals surface area contributed by atoms with Gasteiger partial charge in [0.2, 0.25) is 0 Å². The van der Waals surface area contributed by atoms with Gasteiger partial charge in [-0.3, -0.25) is 4.98 Å². The Kier molecular flexibility index (Phi) is 6.77. The number of nitrogens with one attached hydrogen (secondary N) is 2. The molecule has 1 aromatic rings. The molecule has 1 unspecified atom stereocenters. The number of rotatable bonds is 8. The van der Waals surface area contributed by atoms with Crippen molar-refractivity contribution >= 4 is 0 Å². The Hall–Kier alpha value is -0.970. The standard InChI is InChI=1S/C13H23N3O/c1-11-5-4-6-13(16-11)10-15-12(2)9-14-7-8-17-3/h4-6,12,14-15H,7-10H2,1-3H3. The molecule has 1 rings (SSSR count). The number of pyridine rings is 1. The third kappa shape index (κ3) is 6.36. The summed E-state index contributed by atoms with van der Waals surface area (Å²) in [5, 5.41) is 6.76. The summed E-state index contributed by atoms with van der Waals surface area (Å²) in [6.45, 7) is 7.58. The van der Waals surface area contributed by atoms with Crippen LogP contribution in [0.4, 0.5) is 0 Å². The third-order valence-corrected chi connectivity index (χ3v) is 2.51. The summed E-state index contributed by atoms with van der Waals surface area (Å²) in [4.78, 5) is 4.45. The fourth-order valence-electron chi connectivity index (χ4n) is 1.54. The first-order valence-electron chi connectivity index (χ1n) is 6.08. The first kappa shape index (κ1) is 14.1. The van der Waals surface area contributed by atoms with E-state index >= 15 is 0 Å². The Morgan fingerprint density at radius 1 is 1.41 bits per heavy atom. The predicted molar refractivity (Wildman–Crippen MR) is 70.0 cm³/mol. The highest BCUT2D eigenvalue weighted by atomic mass is 16.5. The van der Waals surface area contributed by atoms with E-state index in [1.165, 1.54) is 0 Å². The van der Waals surface area contributed by atoms with E-state index in [0.717, 1.165) is 37.6 Å². The molecule has 1 heterocycles. The Labute approximate surface area is 104 Å². The van der Waals surface area contributed by atoms with E-state index in [2.05, 4.69) is 22.5 Å². The summed E-state index contributed by atoms with van der Waals surface area (Å²) in [6.07, 6.45) is 0. The maximum absolute atomic E-state index is 4.97. The van der Waals surface area contributed by atoms with Gasteiger partial charge in [0.25, 0.3) is 0 Å². The van der Waals surface area contributed by atoms with E-state index in [4.69, 9.17) is 4.74 Å². The van der Waals surface area contributed by atoms with Crippen molar-refractivity contribution in [3.05, 3.63) is 29.6 Å². The van der Waals surface area contributed by atoms with Crippen molar-refractivity contribution in [2.24, 2.45) is 0 Å². The molecule has 0 saturated heterocycles. The lowest BCUT2D eigenvalue weighted by molar-refractivity contribution is 0.198. The van der Waals surface area contributed by atoms with Crippen molar-refractivity contribution in [3.8, 4) is 0 Å². The highest BCUT2D eigenvalue weighted by Gasteiger charge is 2.01. The number of aromatic nitrogens is 1. The van der Waals surface area contributed by atoms with E-state index in [-0.39, 0.29) is 0 Å². The van der Waals surface area contributed by atoms with Crippen LogP contribution in [0.2, 0.25) is 0 Å². The van der Waals surface area contributed by atoms with Gasteiger partial charge in [-0.05, 0) is 26.0 Å². The first-order chi connectivity index (χ1) is 8.22. The second kappa shape index (κ2) is 8.17. The van der Waals surface area contributed by atoms with Crippen molar-refractivity contribution in [1.82, 2.24) is 15.6 Å². The molecule has 0 aliphatic carbocycles. The maximum Gasteiger partial charge on any atom is 0.0587 e. The van der Waals surface area contributed by atoms with Crippen LogP contribution in [-0.4, -0.2) is 37.8 Å². The van der Waals surface area contributed by atoms with Gasteiger partial charge in [-0.15, -0.1) is 0 Å². The molecule has 0 amide bonds. The average molecular weight is 237 g/mol. The normalized spacial score (nSPS) is 12.6. The molecule has 4 nitrogen and oxygen atoms in total. The number of methoxy groups -OCH3 is 1. The van der Waals surface area contributed by atoms with Crippen LogP contribution in [0.15, 0.2) is 18.2 Å². The lowest BCUT2D eigenvalue weighted by atomic mass is 10.3. The molecule has 0 radical (unpaired) electrons. The fourth-order valence-corrected chi connectivity index (χ4v) is 1.54. The van der Waals surface area contributed by atoms with E-state index in [1.54, 1.807) is 7.11 Å². The van der Waals surface area contributed by atoms with Gasteiger partial charge in [0.1, 0.15) is 0 Å². The monoisotopic (exact) mass is 237 g/mol. The molecule has 96 valence electrons. The second-order valence-electron chi connectivity index (χ2n) is 4.25. The summed E-state index contributed by atoms with van der Waals surface area (Å²) in [5.41, 5.74) is 2.16.